The van der Waals surface area contributed by atoms with Crippen molar-refractivity contribution in [2.24, 2.45) is 5.92 Å². The molecule has 0 aliphatic rings. The smallest absolute Gasteiger partial charge is 0.234 e. The molecule has 0 fully saturated rings. The number of aliphatic hydroxyl groups excluding tert-OH is 1. The molecule has 0 radical (unpaired) electrons. The molecule has 146 valence electrons. The molecule has 0 aliphatic heterocycles. The second kappa shape index (κ2) is 10.5. The van der Waals surface area contributed by atoms with Crippen LogP contribution in [-0.4, -0.2) is 35.6 Å². The molecule has 2 aromatic rings. The van der Waals surface area contributed by atoms with Crippen LogP contribution in [0, 0.1) is 11.7 Å². The summed E-state index contributed by atoms with van der Waals surface area (Å²) in [6.45, 7) is 4.63. The van der Waals surface area contributed by atoms with Crippen molar-refractivity contribution in [3.63, 3.8) is 0 Å². The number of nitrogens with one attached hydrogen (secondary N) is 1. The maximum Gasteiger partial charge on any atom is 0.234 e. The highest BCUT2D eigenvalue weighted by Crippen LogP contribution is 2.21. The van der Waals surface area contributed by atoms with Gasteiger partial charge in [0.1, 0.15) is 5.82 Å². The second-order valence-corrected chi connectivity index (χ2v) is 7.79. The van der Waals surface area contributed by atoms with Crippen LogP contribution in [0.15, 0.2) is 53.0 Å². The van der Waals surface area contributed by atoms with Gasteiger partial charge >= 0.3 is 0 Å². The van der Waals surface area contributed by atoms with Crippen molar-refractivity contribution in [2.75, 3.05) is 19.7 Å². The molecule has 0 spiro atoms. The van der Waals surface area contributed by atoms with Crippen LogP contribution >= 0.6 is 15.9 Å². The van der Waals surface area contributed by atoms with Gasteiger partial charge in [0.25, 0.3) is 0 Å². The quantitative estimate of drug-likeness (QED) is 0.626. The molecule has 1 atom stereocenters. The lowest BCUT2D eigenvalue weighted by molar-refractivity contribution is -0.123. The summed E-state index contributed by atoms with van der Waals surface area (Å²) in [6, 6.07) is 14.4. The van der Waals surface area contributed by atoms with Gasteiger partial charge in [0.05, 0.1) is 19.2 Å². The summed E-state index contributed by atoms with van der Waals surface area (Å²) >= 11 is 3.34. The minimum atomic E-state index is -0.328. The van der Waals surface area contributed by atoms with Gasteiger partial charge in [-0.25, -0.2) is 4.39 Å². The van der Waals surface area contributed by atoms with Crippen molar-refractivity contribution in [1.82, 2.24) is 10.2 Å². The van der Waals surface area contributed by atoms with Crippen molar-refractivity contribution in [3.05, 3.63) is 69.9 Å². The second-order valence-electron chi connectivity index (χ2n) is 6.87. The lowest BCUT2D eigenvalue weighted by atomic mass is 9.96. The SMILES string of the molecule is CC(C)C(NC(=O)CN(CCO)Cc1cc(Br)ccc1F)c1ccccc1. The van der Waals surface area contributed by atoms with E-state index < -0.39 is 0 Å². The summed E-state index contributed by atoms with van der Waals surface area (Å²) in [5, 5.41) is 12.4. The standard InChI is InChI=1S/C21H26BrFN2O2/c1-15(2)21(16-6-4-3-5-7-16)24-20(27)14-25(10-11-26)13-17-12-18(22)8-9-19(17)23/h3-9,12,15,21,26H,10-11,13-14H2,1-2H3,(H,24,27). The van der Waals surface area contributed by atoms with Gasteiger partial charge in [-0.05, 0) is 29.7 Å². The number of amides is 1. The van der Waals surface area contributed by atoms with Gasteiger partial charge in [-0.15, -0.1) is 0 Å². The Kier molecular flexibility index (Phi) is 8.41. The van der Waals surface area contributed by atoms with Gasteiger partial charge < -0.3 is 10.4 Å². The van der Waals surface area contributed by atoms with Crippen LogP contribution in [0.25, 0.3) is 0 Å². The van der Waals surface area contributed by atoms with Crippen molar-refractivity contribution in [3.8, 4) is 0 Å². The first-order valence-corrected chi connectivity index (χ1v) is 9.81. The number of carbonyl (C=O) groups excluding carboxylic acids is 1. The molecule has 0 bridgehead atoms. The zero-order chi connectivity index (χ0) is 19.8. The van der Waals surface area contributed by atoms with Crippen LogP contribution in [0.3, 0.4) is 0 Å². The topological polar surface area (TPSA) is 52.6 Å². The number of benzene rings is 2. The highest BCUT2D eigenvalue weighted by Gasteiger charge is 2.20. The molecule has 4 nitrogen and oxygen atoms in total. The van der Waals surface area contributed by atoms with E-state index >= 15 is 0 Å². The Hall–Kier alpha value is -1.76. The number of rotatable bonds is 9. The summed E-state index contributed by atoms with van der Waals surface area (Å²) in [6.07, 6.45) is 0. The zero-order valence-electron chi connectivity index (χ0n) is 15.7. The Morgan fingerprint density at radius 2 is 1.93 bits per heavy atom. The molecule has 0 aromatic heterocycles. The van der Waals surface area contributed by atoms with Crippen LogP contribution in [-0.2, 0) is 11.3 Å². The average Bonchev–Trinajstić information content (AvgIpc) is 2.63. The molecule has 2 aromatic carbocycles. The minimum absolute atomic E-state index is 0.0859. The van der Waals surface area contributed by atoms with Crippen molar-refractivity contribution >= 4 is 21.8 Å². The minimum Gasteiger partial charge on any atom is -0.395 e. The first-order chi connectivity index (χ1) is 12.9. The zero-order valence-corrected chi connectivity index (χ0v) is 17.2. The fourth-order valence-corrected chi connectivity index (χ4v) is 3.39. The highest BCUT2D eigenvalue weighted by atomic mass is 79.9. The molecule has 1 unspecified atom stereocenters. The van der Waals surface area contributed by atoms with Gasteiger partial charge in [0.2, 0.25) is 5.91 Å². The van der Waals surface area contributed by atoms with E-state index in [0.717, 1.165) is 10.0 Å². The summed E-state index contributed by atoms with van der Waals surface area (Å²) < 4.78 is 14.8. The van der Waals surface area contributed by atoms with Crippen LogP contribution in [0.2, 0.25) is 0 Å². The Bertz CT molecular complexity index is 740. The summed E-state index contributed by atoms with van der Waals surface area (Å²) in [5.41, 5.74) is 1.53. The van der Waals surface area contributed by atoms with E-state index in [4.69, 9.17) is 0 Å². The monoisotopic (exact) mass is 436 g/mol. The first kappa shape index (κ1) is 21.5. The van der Waals surface area contributed by atoms with E-state index in [2.05, 4.69) is 35.1 Å². The van der Waals surface area contributed by atoms with E-state index in [1.165, 1.54) is 6.07 Å². The fourth-order valence-electron chi connectivity index (χ4n) is 2.98. The van der Waals surface area contributed by atoms with Crippen molar-refractivity contribution < 1.29 is 14.3 Å². The fraction of sp³-hybridized carbons (Fsp3) is 0.381. The van der Waals surface area contributed by atoms with Crippen molar-refractivity contribution in [2.45, 2.75) is 26.4 Å². The normalized spacial score (nSPS) is 12.4. The third-order valence-corrected chi connectivity index (χ3v) is 4.82. The van der Waals surface area contributed by atoms with Gasteiger partial charge in [-0.1, -0.05) is 60.1 Å². The summed E-state index contributed by atoms with van der Waals surface area (Å²) in [7, 11) is 0. The van der Waals surface area contributed by atoms with Crippen LogP contribution in [0.1, 0.15) is 31.0 Å². The van der Waals surface area contributed by atoms with Gasteiger partial charge in [0, 0.05) is 23.1 Å². The average molecular weight is 437 g/mol. The molecular formula is C21H26BrFN2O2. The van der Waals surface area contributed by atoms with E-state index in [-0.39, 0.29) is 49.9 Å². The molecule has 0 aliphatic carbocycles. The van der Waals surface area contributed by atoms with Crippen LogP contribution < -0.4 is 5.32 Å². The predicted molar refractivity (Wildman–Crippen MR) is 109 cm³/mol. The molecule has 6 heteroatoms. The van der Waals surface area contributed by atoms with Gasteiger partial charge in [-0.2, -0.15) is 0 Å². The molecule has 2 N–H and O–H groups in total. The molecule has 27 heavy (non-hydrogen) atoms. The highest BCUT2D eigenvalue weighted by molar-refractivity contribution is 9.10. The number of nitrogens with zero attached hydrogens (tertiary/aromatic N) is 1. The third kappa shape index (κ3) is 6.72. The summed E-state index contributed by atoms with van der Waals surface area (Å²) in [4.78, 5) is 14.4. The molecule has 2 rings (SSSR count). The maximum atomic E-state index is 14.0. The Morgan fingerprint density at radius 3 is 2.56 bits per heavy atom. The third-order valence-electron chi connectivity index (χ3n) is 4.33. The van der Waals surface area contributed by atoms with Gasteiger partial charge in [0.15, 0.2) is 0 Å². The number of aliphatic hydroxyl groups is 1. The van der Waals surface area contributed by atoms with E-state index in [1.807, 2.05) is 30.3 Å². The Labute approximate surface area is 168 Å². The number of hydrogen-bond acceptors (Lipinski definition) is 3. The first-order valence-electron chi connectivity index (χ1n) is 9.02. The summed E-state index contributed by atoms with van der Waals surface area (Å²) in [5.74, 6) is -0.252. The maximum absolute atomic E-state index is 14.0. The Balaban J connectivity index is 2.06. The lowest BCUT2D eigenvalue weighted by Gasteiger charge is -2.26. The van der Waals surface area contributed by atoms with Gasteiger partial charge in [-0.3, -0.25) is 9.69 Å². The van der Waals surface area contributed by atoms with E-state index in [9.17, 15) is 14.3 Å². The van der Waals surface area contributed by atoms with E-state index in [1.54, 1.807) is 17.0 Å². The molecule has 0 saturated heterocycles. The molecule has 0 saturated carbocycles. The number of hydrogen-bond donors (Lipinski definition) is 2. The molecular weight excluding hydrogens is 411 g/mol. The predicted octanol–water partition coefficient (Wildman–Crippen LogP) is 3.90. The Morgan fingerprint density at radius 1 is 1.22 bits per heavy atom. The lowest BCUT2D eigenvalue weighted by Crippen LogP contribution is -2.41. The number of carbonyl (C=O) groups is 1. The molecule has 1 amide bonds. The van der Waals surface area contributed by atoms with Crippen molar-refractivity contribution in [1.29, 1.82) is 0 Å². The van der Waals surface area contributed by atoms with E-state index in [0.29, 0.717) is 5.56 Å². The number of halogens is 2. The van der Waals surface area contributed by atoms with Crippen LogP contribution in [0.5, 0.6) is 0 Å². The molecule has 0 heterocycles. The largest absolute Gasteiger partial charge is 0.395 e. The van der Waals surface area contributed by atoms with Crippen LogP contribution in [0.4, 0.5) is 4.39 Å².